The molecule has 3 rings (SSSR count). The number of nitrogens with zero attached hydrogens (tertiary/aromatic N) is 4. The second-order valence-corrected chi connectivity index (χ2v) is 7.08. The van der Waals surface area contributed by atoms with Crippen molar-refractivity contribution < 1.29 is 4.79 Å². The molecule has 0 saturated carbocycles. The van der Waals surface area contributed by atoms with Crippen molar-refractivity contribution in [2.45, 2.75) is 26.3 Å². The Labute approximate surface area is 163 Å². The molecule has 0 spiro atoms. The Balaban J connectivity index is 1.93. The SMILES string of the molecule is CC(C)CC(Nc1cnc(C#N)c(Nc2cccc3c2ccn3C)n1)C(N)=O. The number of hydrogen-bond donors (Lipinski definition) is 3. The fourth-order valence-corrected chi connectivity index (χ4v) is 3.06. The van der Waals surface area contributed by atoms with Crippen LogP contribution in [0.25, 0.3) is 10.9 Å². The molecule has 8 nitrogen and oxygen atoms in total. The van der Waals surface area contributed by atoms with Crippen molar-refractivity contribution in [3.05, 3.63) is 42.4 Å². The van der Waals surface area contributed by atoms with Gasteiger partial charge in [-0.3, -0.25) is 4.79 Å². The van der Waals surface area contributed by atoms with Crippen LogP contribution in [-0.2, 0) is 11.8 Å². The van der Waals surface area contributed by atoms with Crippen LogP contribution >= 0.6 is 0 Å². The van der Waals surface area contributed by atoms with Crippen LogP contribution in [0.5, 0.6) is 0 Å². The van der Waals surface area contributed by atoms with Crippen LogP contribution in [0, 0.1) is 17.2 Å². The molecule has 3 aromatic rings. The zero-order chi connectivity index (χ0) is 20.3. The van der Waals surface area contributed by atoms with Gasteiger partial charge in [-0.05, 0) is 30.5 Å². The second kappa shape index (κ2) is 7.96. The highest BCUT2D eigenvalue weighted by Crippen LogP contribution is 2.27. The van der Waals surface area contributed by atoms with Crippen molar-refractivity contribution >= 4 is 34.1 Å². The number of primary amides is 1. The molecule has 8 heteroatoms. The van der Waals surface area contributed by atoms with Crippen LogP contribution in [-0.4, -0.2) is 26.5 Å². The van der Waals surface area contributed by atoms with E-state index in [9.17, 15) is 10.1 Å². The minimum Gasteiger partial charge on any atom is -0.368 e. The number of fused-ring (bicyclic) bond motifs is 1. The van der Waals surface area contributed by atoms with E-state index >= 15 is 0 Å². The zero-order valence-corrected chi connectivity index (χ0v) is 16.1. The summed E-state index contributed by atoms with van der Waals surface area (Å²) < 4.78 is 2.01. The average molecular weight is 377 g/mol. The summed E-state index contributed by atoms with van der Waals surface area (Å²) in [4.78, 5) is 20.4. The molecule has 0 aliphatic heterocycles. The molecule has 1 unspecified atom stereocenters. The van der Waals surface area contributed by atoms with Crippen LogP contribution in [0.1, 0.15) is 26.0 Å². The molecule has 1 atom stereocenters. The van der Waals surface area contributed by atoms with Gasteiger partial charge in [-0.1, -0.05) is 19.9 Å². The quantitative estimate of drug-likeness (QED) is 0.582. The molecule has 0 bridgehead atoms. The molecule has 1 aromatic carbocycles. The minimum atomic E-state index is -0.562. The molecule has 0 saturated heterocycles. The summed E-state index contributed by atoms with van der Waals surface area (Å²) in [6.45, 7) is 4.02. The number of rotatable bonds is 7. The summed E-state index contributed by atoms with van der Waals surface area (Å²) >= 11 is 0. The van der Waals surface area contributed by atoms with E-state index in [4.69, 9.17) is 5.73 Å². The van der Waals surface area contributed by atoms with Crippen LogP contribution in [0.2, 0.25) is 0 Å². The van der Waals surface area contributed by atoms with Gasteiger partial charge in [0.25, 0.3) is 0 Å². The number of aryl methyl sites for hydroxylation is 1. The van der Waals surface area contributed by atoms with Gasteiger partial charge in [0.15, 0.2) is 11.5 Å². The Morgan fingerprint density at radius 2 is 2.14 bits per heavy atom. The molecule has 2 heterocycles. The average Bonchev–Trinajstić information content (AvgIpc) is 3.03. The van der Waals surface area contributed by atoms with Gasteiger partial charge in [0.2, 0.25) is 5.91 Å². The summed E-state index contributed by atoms with van der Waals surface area (Å²) in [6, 6.07) is 9.33. The maximum Gasteiger partial charge on any atom is 0.239 e. The van der Waals surface area contributed by atoms with Crippen LogP contribution in [0.3, 0.4) is 0 Å². The van der Waals surface area contributed by atoms with Gasteiger partial charge < -0.3 is 20.9 Å². The second-order valence-electron chi connectivity index (χ2n) is 7.08. The van der Waals surface area contributed by atoms with Gasteiger partial charge in [0.05, 0.1) is 6.20 Å². The molecular formula is C20H23N7O. The number of hydrogen-bond acceptors (Lipinski definition) is 6. The fraction of sp³-hybridized carbons (Fsp3) is 0.300. The van der Waals surface area contributed by atoms with E-state index in [0.717, 1.165) is 16.6 Å². The third-order valence-corrected chi connectivity index (χ3v) is 4.43. The minimum absolute atomic E-state index is 0.165. The Bertz CT molecular complexity index is 1050. The van der Waals surface area contributed by atoms with Gasteiger partial charge in [-0.2, -0.15) is 5.26 Å². The topological polar surface area (TPSA) is 122 Å². The largest absolute Gasteiger partial charge is 0.368 e. The number of nitriles is 1. The highest BCUT2D eigenvalue weighted by Gasteiger charge is 2.18. The normalized spacial score (nSPS) is 12.0. The summed E-state index contributed by atoms with van der Waals surface area (Å²) in [5, 5.41) is 16.6. The number of carbonyl (C=O) groups excluding carboxylic acids is 1. The molecular weight excluding hydrogens is 354 g/mol. The lowest BCUT2D eigenvalue weighted by Crippen LogP contribution is -2.36. The molecule has 28 heavy (non-hydrogen) atoms. The smallest absolute Gasteiger partial charge is 0.239 e. The van der Waals surface area contributed by atoms with Crippen molar-refractivity contribution in [2.75, 3.05) is 10.6 Å². The number of nitrogens with one attached hydrogen (secondary N) is 2. The maximum absolute atomic E-state index is 11.7. The van der Waals surface area contributed by atoms with Crippen molar-refractivity contribution in [1.29, 1.82) is 5.26 Å². The van der Waals surface area contributed by atoms with Crippen molar-refractivity contribution in [3.8, 4) is 6.07 Å². The Kier molecular flexibility index (Phi) is 5.45. The highest BCUT2D eigenvalue weighted by molar-refractivity contribution is 5.94. The molecule has 0 fully saturated rings. The third-order valence-electron chi connectivity index (χ3n) is 4.43. The van der Waals surface area contributed by atoms with Gasteiger partial charge in [0.1, 0.15) is 17.9 Å². The Morgan fingerprint density at radius 3 is 2.82 bits per heavy atom. The summed E-state index contributed by atoms with van der Waals surface area (Å²) in [7, 11) is 1.97. The van der Waals surface area contributed by atoms with Gasteiger partial charge >= 0.3 is 0 Å². The molecule has 144 valence electrons. The van der Waals surface area contributed by atoms with Crippen LogP contribution < -0.4 is 16.4 Å². The van der Waals surface area contributed by atoms with Crippen molar-refractivity contribution in [1.82, 2.24) is 14.5 Å². The monoisotopic (exact) mass is 377 g/mol. The maximum atomic E-state index is 11.7. The zero-order valence-electron chi connectivity index (χ0n) is 16.1. The predicted octanol–water partition coefficient (Wildman–Crippen LogP) is 2.90. The fourth-order valence-electron chi connectivity index (χ4n) is 3.06. The molecule has 4 N–H and O–H groups in total. The summed E-state index contributed by atoms with van der Waals surface area (Å²) in [5.41, 5.74) is 7.53. The standard InChI is InChI=1S/C20H23N7O/c1-12(2)9-15(19(22)28)24-18-11-23-16(10-21)20(26-18)25-14-5-4-6-17-13(14)7-8-27(17)3/h4-8,11-12,15H,9H2,1-3H3,(H2,22,28)(H2,24,25,26). The van der Waals surface area contributed by atoms with Gasteiger partial charge in [0, 0.05) is 29.8 Å². The predicted molar refractivity (Wildman–Crippen MR) is 109 cm³/mol. The lowest BCUT2D eigenvalue weighted by Gasteiger charge is -2.18. The number of aromatic nitrogens is 3. The first-order valence-electron chi connectivity index (χ1n) is 9.03. The first-order chi connectivity index (χ1) is 13.4. The number of nitrogens with two attached hydrogens (primary N) is 1. The summed E-state index contributed by atoms with van der Waals surface area (Å²) in [6.07, 6.45) is 3.97. The lowest BCUT2D eigenvalue weighted by molar-refractivity contribution is -0.119. The van der Waals surface area contributed by atoms with E-state index < -0.39 is 11.9 Å². The van der Waals surface area contributed by atoms with Crippen molar-refractivity contribution in [3.63, 3.8) is 0 Å². The molecule has 0 aliphatic rings. The van der Waals surface area contributed by atoms with E-state index in [-0.39, 0.29) is 11.6 Å². The number of benzene rings is 1. The first-order valence-corrected chi connectivity index (χ1v) is 9.03. The third kappa shape index (κ3) is 4.04. The van der Waals surface area contributed by atoms with Crippen molar-refractivity contribution in [2.24, 2.45) is 18.7 Å². The van der Waals surface area contributed by atoms with E-state index in [1.807, 2.05) is 62.0 Å². The van der Waals surface area contributed by atoms with E-state index in [1.54, 1.807) is 0 Å². The lowest BCUT2D eigenvalue weighted by atomic mass is 10.0. The number of amides is 1. The van der Waals surface area contributed by atoms with E-state index in [2.05, 4.69) is 20.6 Å². The number of anilines is 3. The van der Waals surface area contributed by atoms with Gasteiger partial charge in [-0.25, -0.2) is 9.97 Å². The first kappa shape index (κ1) is 19.2. The number of carbonyl (C=O) groups is 1. The summed E-state index contributed by atoms with van der Waals surface area (Å²) in [5.74, 6) is 0.524. The molecule has 0 aliphatic carbocycles. The van der Waals surface area contributed by atoms with Gasteiger partial charge in [-0.15, -0.1) is 0 Å². The Morgan fingerprint density at radius 1 is 1.36 bits per heavy atom. The highest BCUT2D eigenvalue weighted by atomic mass is 16.1. The van der Waals surface area contributed by atoms with Crippen LogP contribution in [0.4, 0.5) is 17.3 Å². The van der Waals surface area contributed by atoms with Crippen LogP contribution in [0.15, 0.2) is 36.7 Å². The van der Waals surface area contributed by atoms with E-state index in [1.165, 1.54) is 6.20 Å². The molecule has 1 amide bonds. The Hall–Kier alpha value is -3.60. The van der Waals surface area contributed by atoms with E-state index in [0.29, 0.717) is 18.1 Å². The molecule has 0 radical (unpaired) electrons. The molecule has 2 aromatic heterocycles.